The molecular formula is C18H27N5O. The number of aromatic nitrogens is 2. The zero-order chi connectivity index (χ0) is 17.6. The number of para-hydroxylation sites is 1. The standard InChI is InChI=1S/C18H27N5O/c1-18(2,3)24-16-9-7-6-8-14(16)12-20-17(19-4)21-13-15-10-11-22-23(15)5/h6-11H,12-13H2,1-5H3,(H2,19,20,21). The Morgan fingerprint density at radius 2 is 1.88 bits per heavy atom. The van der Waals surface area contributed by atoms with Crippen LogP contribution in [0.2, 0.25) is 0 Å². The second-order valence-electron chi connectivity index (χ2n) is 6.55. The SMILES string of the molecule is CN=C(NCc1ccccc1OC(C)(C)C)NCc1ccnn1C. The maximum Gasteiger partial charge on any atom is 0.191 e. The molecule has 6 heteroatoms. The van der Waals surface area contributed by atoms with Crippen LogP contribution in [0.1, 0.15) is 32.0 Å². The van der Waals surface area contributed by atoms with Gasteiger partial charge in [0.25, 0.3) is 0 Å². The van der Waals surface area contributed by atoms with Crippen molar-refractivity contribution in [2.75, 3.05) is 7.05 Å². The van der Waals surface area contributed by atoms with E-state index in [1.807, 2.05) is 56.8 Å². The predicted molar refractivity (Wildman–Crippen MR) is 97.1 cm³/mol. The van der Waals surface area contributed by atoms with Crippen molar-refractivity contribution in [2.45, 2.75) is 39.5 Å². The Hall–Kier alpha value is -2.50. The average Bonchev–Trinajstić information content (AvgIpc) is 2.93. The molecule has 24 heavy (non-hydrogen) atoms. The molecule has 0 saturated heterocycles. The van der Waals surface area contributed by atoms with Gasteiger partial charge in [-0.05, 0) is 32.9 Å². The first kappa shape index (κ1) is 17.8. The summed E-state index contributed by atoms with van der Waals surface area (Å²) >= 11 is 0. The molecule has 0 bridgehead atoms. The molecule has 1 aromatic carbocycles. The molecule has 1 aromatic heterocycles. The summed E-state index contributed by atoms with van der Waals surface area (Å²) in [5, 5.41) is 10.8. The van der Waals surface area contributed by atoms with Crippen LogP contribution in [0, 0.1) is 0 Å². The number of ether oxygens (including phenoxy) is 1. The van der Waals surface area contributed by atoms with Gasteiger partial charge in [-0.1, -0.05) is 18.2 Å². The fraction of sp³-hybridized carbons (Fsp3) is 0.444. The van der Waals surface area contributed by atoms with Gasteiger partial charge in [0.05, 0.1) is 12.2 Å². The van der Waals surface area contributed by atoms with Gasteiger partial charge < -0.3 is 15.4 Å². The van der Waals surface area contributed by atoms with Gasteiger partial charge in [0.15, 0.2) is 5.96 Å². The Morgan fingerprint density at radius 3 is 2.50 bits per heavy atom. The average molecular weight is 329 g/mol. The lowest BCUT2D eigenvalue weighted by atomic mass is 10.1. The van der Waals surface area contributed by atoms with Crippen molar-refractivity contribution in [1.82, 2.24) is 20.4 Å². The number of aliphatic imine (C=N–C) groups is 1. The van der Waals surface area contributed by atoms with Crippen molar-refractivity contribution in [3.05, 3.63) is 47.8 Å². The monoisotopic (exact) mass is 329 g/mol. The molecule has 0 aliphatic rings. The Bertz CT molecular complexity index is 685. The maximum absolute atomic E-state index is 6.02. The van der Waals surface area contributed by atoms with E-state index in [2.05, 4.69) is 26.8 Å². The van der Waals surface area contributed by atoms with E-state index in [1.54, 1.807) is 13.2 Å². The van der Waals surface area contributed by atoms with Crippen LogP contribution in [0.5, 0.6) is 5.75 Å². The van der Waals surface area contributed by atoms with E-state index < -0.39 is 0 Å². The lowest BCUT2D eigenvalue weighted by molar-refractivity contribution is 0.129. The van der Waals surface area contributed by atoms with Crippen LogP contribution >= 0.6 is 0 Å². The summed E-state index contributed by atoms with van der Waals surface area (Å²) in [6.07, 6.45) is 1.79. The van der Waals surface area contributed by atoms with Crippen LogP contribution in [-0.2, 0) is 20.1 Å². The van der Waals surface area contributed by atoms with Crippen LogP contribution in [-0.4, -0.2) is 28.4 Å². The summed E-state index contributed by atoms with van der Waals surface area (Å²) in [5.41, 5.74) is 1.96. The normalized spacial score (nSPS) is 12.1. The van der Waals surface area contributed by atoms with Crippen LogP contribution < -0.4 is 15.4 Å². The van der Waals surface area contributed by atoms with E-state index in [-0.39, 0.29) is 5.60 Å². The molecule has 2 rings (SSSR count). The molecule has 2 N–H and O–H groups in total. The third kappa shape index (κ3) is 5.30. The summed E-state index contributed by atoms with van der Waals surface area (Å²) in [6.45, 7) is 7.44. The molecule has 0 spiro atoms. The number of guanidine groups is 1. The van der Waals surface area contributed by atoms with Crippen molar-refractivity contribution in [2.24, 2.45) is 12.0 Å². The molecule has 1 heterocycles. The first-order valence-electron chi connectivity index (χ1n) is 8.07. The zero-order valence-corrected chi connectivity index (χ0v) is 15.1. The van der Waals surface area contributed by atoms with Gasteiger partial charge in [-0.3, -0.25) is 9.67 Å². The number of hydrogen-bond acceptors (Lipinski definition) is 3. The molecule has 6 nitrogen and oxygen atoms in total. The van der Waals surface area contributed by atoms with Crippen molar-refractivity contribution < 1.29 is 4.74 Å². The van der Waals surface area contributed by atoms with Crippen molar-refractivity contribution in [3.63, 3.8) is 0 Å². The minimum atomic E-state index is -0.227. The molecule has 130 valence electrons. The molecule has 0 fully saturated rings. The summed E-state index contributed by atoms with van der Waals surface area (Å²) in [5.74, 6) is 1.63. The Balaban J connectivity index is 1.95. The van der Waals surface area contributed by atoms with Gasteiger partial charge in [0, 0.05) is 32.4 Å². The summed E-state index contributed by atoms with van der Waals surface area (Å²) in [6, 6.07) is 10.0. The van der Waals surface area contributed by atoms with E-state index in [1.165, 1.54) is 0 Å². The molecule has 0 radical (unpaired) electrons. The third-order valence-electron chi connectivity index (χ3n) is 3.42. The number of benzene rings is 1. The summed E-state index contributed by atoms with van der Waals surface area (Å²) in [7, 11) is 3.68. The van der Waals surface area contributed by atoms with Crippen LogP contribution in [0.25, 0.3) is 0 Å². The molecule has 0 saturated carbocycles. The maximum atomic E-state index is 6.02. The number of nitrogens with one attached hydrogen (secondary N) is 2. The largest absolute Gasteiger partial charge is 0.488 e. The lowest BCUT2D eigenvalue weighted by Gasteiger charge is -2.23. The highest BCUT2D eigenvalue weighted by atomic mass is 16.5. The first-order valence-corrected chi connectivity index (χ1v) is 8.07. The predicted octanol–water partition coefficient (Wildman–Crippen LogP) is 2.46. The lowest BCUT2D eigenvalue weighted by Crippen LogP contribution is -2.37. The highest BCUT2D eigenvalue weighted by Gasteiger charge is 2.14. The molecule has 0 aliphatic heterocycles. The van der Waals surface area contributed by atoms with E-state index in [0.717, 1.165) is 23.0 Å². The van der Waals surface area contributed by atoms with Crippen LogP contribution in [0.4, 0.5) is 0 Å². The second-order valence-corrected chi connectivity index (χ2v) is 6.55. The number of hydrogen-bond donors (Lipinski definition) is 2. The topological polar surface area (TPSA) is 63.5 Å². The van der Waals surface area contributed by atoms with E-state index in [0.29, 0.717) is 13.1 Å². The van der Waals surface area contributed by atoms with Crippen molar-refractivity contribution in [1.29, 1.82) is 0 Å². The van der Waals surface area contributed by atoms with Gasteiger partial charge in [-0.15, -0.1) is 0 Å². The minimum absolute atomic E-state index is 0.227. The van der Waals surface area contributed by atoms with Crippen LogP contribution in [0.15, 0.2) is 41.5 Å². The second kappa shape index (κ2) is 7.86. The van der Waals surface area contributed by atoms with E-state index in [4.69, 9.17) is 4.74 Å². The Kier molecular flexibility index (Phi) is 5.84. The van der Waals surface area contributed by atoms with Gasteiger partial charge in [0.1, 0.15) is 11.4 Å². The minimum Gasteiger partial charge on any atom is -0.488 e. The third-order valence-corrected chi connectivity index (χ3v) is 3.42. The number of nitrogens with zero attached hydrogens (tertiary/aromatic N) is 3. The first-order chi connectivity index (χ1) is 11.4. The Morgan fingerprint density at radius 1 is 1.17 bits per heavy atom. The summed E-state index contributed by atoms with van der Waals surface area (Å²) < 4.78 is 7.86. The molecule has 0 amide bonds. The highest BCUT2D eigenvalue weighted by molar-refractivity contribution is 5.79. The van der Waals surface area contributed by atoms with Gasteiger partial charge in [0.2, 0.25) is 0 Å². The molecule has 0 unspecified atom stereocenters. The van der Waals surface area contributed by atoms with Gasteiger partial charge >= 0.3 is 0 Å². The fourth-order valence-corrected chi connectivity index (χ4v) is 2.23. The number of aryl methyl sites for hydroxylation is 1. The van der Waals surface area contributed by atoms with Gasteiger partial charge in [-0.25, -0.2) is 0 Å². The van der Waals surface area contributed by atoms with E-state index in [9.17, 15) is 0 Å². The van der Waals surface area contributed by atoms with Crippen LogP contribution in [0.3, 0.4) is 0 Å². The Labute approximate surface area is 143 Å². The summed E-state index contributed by atoms with van der Waals surface area (Å²) in [4.78, 5) is 4.26. The van der Waals surface area contributed by atoms with E-state index >= 15 is 0 Å². The molecule has 0 aliphatic carbocycles. The molecular weight excluding hydrogens is 302 g/mol. The van der Waals surface area contributed by atoms with Crippen molar-refractivity contribution in [3.8, 4) is 5.75 Å². The smallest absolute Gasteiger partial charge is 0.191 e. The van der Waals surface area contributed by atoms with Gasteiger partial charge in [-0.2, -0.15) is 5.10 Å². The van der Waals surface area contributed by atoms with Crippen molar-refractivity contribution >= 4 is 5.96 Å². The highest BCUT2D eigenvalue weighted by Crippen LogP contribution is 2.22. The quantitative estimate of drug-likeness (QED) is 0.653. The number of rotatable bonds is 5. The zero-order valence-electron chi connectivity index (χ0n) is 15.1. The molecule has 2 aromatic rings. The fourth-order valence-electron chi connectivity index (χ4n) is 2.23. The molecule has 0 atom stereocenters.